The first kappa shape index (κ1) is 22.4. The van der Waals surface area contributed by atoms with Crippen LogP contribution in [0.4, 0.5) is 0 Å². The van der Waals surface area contributed by atoms with Crippen LogP contribution >= 0.6 is 23.4 Å². The minimum atomic E-state index is -3.82. The van der Waals surface area contributed by atoms with Gasteiger partial charge in [0.1, 0.15) is 10.6 Å². The minimum absolute atomic E-state index is 0.0211. The second-order valence-corrected chi connectivity index (χ2v) is 10.7. The molecule has 2 aromatic carbocycles. The van der Waals surface area contributed by atoms with Crippen molar-refractivity contribution in [3.63, 3.8) is 0 Å². The summed E-state index contributed by atoms with van der Waals surface area (Å²) in [4.78, 5) is 14.1. The van der Waals surface area contributed by atoms with Crippen LogP contribution in [0.1, 0.15) is 28.4 Å². The van der Waals surface area contributed by atoms with E-state index < -0.39 is 10.0 Å². The Labute approximate surface area is 191 Å². The highest BCUT2D eigenvalue weighted by atomic mass is 35.5. The summed E-state index contributed by atoms with van der Waals surface area (Å²) < 4.78 is 38.2. The lowest BCUT2D eigenvalue weighted by Gasteiger charge is -2.27. The Kier molecular flexibility index (Phi) is 6.78. The Morgan fingerprint density at radius 2 is 2.00 bits per heavy atom. The van der Waals surface area contributed by atoms with Gasteiger partial charge in [-0.3, -0.25) is 4.79 Å². The molecule has 2 aliphatic heterocycles. The Bertz CT molecular complexity index is 1090. The Balaban J connectivity index is 1.62. The Hall–Kier alpha value is -1.78. The van der Waals surface area contributed by atoms with E-state index in [1.807, 2.05) is 18.2 Å². The number of rotatable bonds is 5. The van der Waals surface area contributed by atoms with Crippen LogP contribution in [-0.4, -0.2) is 57.8 Å². The van der Waals surface area contributed by atoms with E-state index in [1.165, 1.54) is 23.5 Å². The number of ether oxygens (including phenoxy) is 2. The number of carbonyl (C=O) groups is 1. The minimum Gasteiger partial charge on any atom is -0.495 e. The van der Waals surface area contributed by atoms with Gasteiger partial charge in [-0.2, -0.15) is 4.31 Å². The van der Waals surface area contributed by atoms with Gasteiger partial charge in [-0.25, -0.2) is 8.42 Å². The molecule has 1 amide bonds. The van der Waals surface area contributed by atoms with Crippen LogP contribution in [0.3, 0.4) is 0 Å². The van der Waals surface area contributed by atoms with Crippen LogP contribution < -0.4 is 10.1 Å². The van der Waals surface area contributed by atoms with Gasteiger partial charge in [0.15, 0.2) is 0 Å². The number of hydrogen-bond acceptors (Lipinski definition) is 6. The summed E-state index contributed by atoms with van der Waals surface area (Å²) in [6.45, 7) is 1.20. The smallest absolute Gasteiger partial charge is 0.251 e. The summed E-state index contributed by atoms with van der Waals surface area (Å²) in [5.41, 5.74) is 1.24. The van der Waals surface area contributed by atoms with Crippen molar-refractivity contribution >= 4 is 39.3 Å². The molecule has 0 aliphatic carbocycles. The molecule has 0 spiro atoms. The van der Waals surface area contributed by atoms with E-state index in [4.69, 9.17) is 21.1 Å². The third-order valence-electron chi connectivity index (χ3n) is 5.33. The monoisotopic (exact) mass is 482 g/mol. The number of benzene rings is 2. The van der Waals surface area contributed by atoms with E-state index in [1.54, 1.807) is 17.8 Å². The number of hydrogen-bond donors (Lipinski definition) is 1. The summed E-state index contributed by atoms with van der Waals surface area (Å²) in [5, 5.41) is 3.65. The van der Waals surface area contributed by atoms with Gasteiger partial charge >= 0.3 is 0 Å². The largest absolute Gasteiger partial charge is 0.495 e. The summed E-state index contributed by atoms with van der Waals surface area (Å²) in [7, 11) is -2.41. The van der Waals surface area contributed by atoms with Gasteiger partial charge in [-0.15, -0.1) is 11.8 Å². The van der Waals surface area contributed by atoms with E-state index >= 15 is 0 Å². The third kappa shape index (κ3) is 4.70. The highest BCUT2D eigenvalue weighted by Gasteiger charge is 2.30. The number of carbonyl (C=O) groups excluding carboxylic acids is 1. The molecule has 31 heavy (non-hydrogen) atoms. The van der Waals surface area contributed by atoms with Crippen LogP contribution in [0.5, 0.6) is 5.75 Å². The highest BCUT2D eigenvalue weighted by molar-refractivity contribution is 7.99. The second-order valence-electron chi connectivity index (χ2n) is 7.23. The molecule has 0 aromatic heterocycles. The molecule has 1 saturated heterocycles. The average molecular weight is 483 g/mol. The Morgan fingerprint density at radius 3 is 2.74 bits per heavy atom. The molecule has 4 rings (SSSR count). The summed E-state index contributed by atoms with van der Waals surface area (Å²) in [5.74, 6) is 0.733. The molecular weight excluding hydrogens is 460 g/mol. The molecular formula is C21H23ClN2O5S2. The third-order valence-corrected chi connectivity index (χ3v) is 8.61. The van der Waals surface area contributed by atoms with Crippen LogP contribution in [0.2, 0.25) is 5.02 Å². The topological polar surface area (TPSA) is 84.9 Å². The summed E-state index contributed by atoms with van der Waals surface area (Å²) in [6.07, 6.45) is 0.763. The molecule has 2 heterocycles. The lowest BCUT2D eigenvalue weighted by Crippen LogP contribution is -2.40. The number of nitrogens with zero attached hydrogens (tertiary/aromatic N) is 1. The molecule has 1 unspecified atom stereocenters. The lowest BCUT2D eigenvalue weighted by molar-refractivity contribution is 0.0729. The molecule has 1 fully saturated rings. The van der Waals surface area contributed by atoms with Crippen LogP contribution in [0, 0.1) is 0 Å². The maximum Gasteiger partial charge on any atom is 0.251 e. The van der Waals surface area contributed by atoms with Crippen molar-refractivity contribution in [2.24, 2.45) is 0 Å². The normalized spacial score (nSPS) is 19.5. The quantitative estimate of drug-likeness (QED) is 0.703. The number of amides is 1. The number of methoxy groups -OCH3 is 1. The SMILES string of the molecule is COc1ccc(C(=O)NC2CCSc3ccc(Cl)cc32)cc1S(=O)(=O)N1CCOCC1. The molecule has 0 radical (unpaired) electrons. The van der Waals surface area contributed by atoms with Crippen molar-refractivity contribution in [2.45, 2.75) is 22.3 Å². The maximum absolute atomic E-state index is 13.2. The fraction of sp³-hybridized carbons (Fsp3) is 0.381. The molecule has 0 saturated carbocycles. The molecule has 7 nitrogen and oxygen atoms in total. The van der Waals surface area contributed by atoms with E-state index in [-0.39, 0.29) is 41.2 Å². The maximum atomic E-state index is 13.2. The zero-order chi connectivity index (χ0) is 22.0. The van der Waals surface area contributed by atoms with E-state index in [0.717, 1.165) is 22.6 Å². The molecule has 1 N–H and O–H groups in total. The fourth-order valence-electron chi connectivity index (χ4n) is 3.70. The fourth-order valence-corrected chi connectivity index (χ4v) is 6.58. The molecule has 10 heteroatoms. The van der Waals surface area contributed by atoms with Crippen molar-refractivity contribution < 1.29 is 22.7 Å². The van der Waals surface area contributed by atoms with Crippen LogP contribution in [0.15, 0.2) is 46.2 Å². The van der Waals surface area contributed by atoms with Crippen molar-refractivity contribution in [2.75, 3.05) is 39.2 Å². The number of fused-ring (bicyclic) bond motifs is 1. The number of halogens is 1. The molecule has 0 bridgehead atoms. The van der Waals surface area contributed by atoms with Crippen molar-refractivity contribution in [1.29, 1.82) is 0 Å². The van der Waals surface area contributed by atoms with Gasteiger partial charge in [0, 0.05) is 34.3 Å². The average Bonchev–Trinajstić information content (AvgIpc) is 2.79. The standard InChI is InChI=1S/C21H23ClN2O5S2/c1-28-18-4-2-14(12-20(18)31(26,27)24-7-9-29-10-8-24)21(25)23-17-6-11-30-19-5-3-15(22)13-16(17)19/h2-5,12-13,17H,6-11H2,1H3,(H,23,25). The summed E-state index contributed by atoms with van der Waals surface area (Å²) in [6, 6.07) is 9.95. The second kappa shape index (κ2) is 9.38. The number of thioether (sulfide) groups is 1. The van der Waals surface area contributed by atoms with Gasteiger partial charge in [0.05, 0.1) is 26.4 Å². The Morgan fingerprint density at radius 1 is 1.23 bits per heavy atom. The van der Waals surface area contributed by atoms with Crippen molar-refractivity contribution in [3.8, 4) is 5.75 Å². The number of morpholine rings is 1. The zero-order valence-corrected chi connectivity index (χ0v) is 19.4. The molecule has 166 valence electrons. The van der Waals surface area contributed by atoms with Crippen molar-refractivity contribution in [3.05, 3.63) is 52.5 Å². The van der Waals surface area contributed by atoms with Crippen LogP contribution in [0.25, 0.3) is 0 Å². The van der Waals surface area contributed by atoms with Gasteiger partial charge in [-0.1, -0.05) is 11.6 Å². The van der Waals surface area contributed by atoms with E-state index in [0.29, 0.717) is 18.2 Å². The predicted molar refractivity (Wildman–Crippen MR) is 120 cm³/mol. The van der Waals surface area contributed by atoms with Gasteiger partial charge in [0.2, 0.25) is 10.0 Å². The zero-order valence-electron chi connectivity index (χ0n) is 17.0. The van der Waals surface area contributed by atoms with Gasteiger partial charge < -0.3 is 14.8 Å². The van der Waals surface area contributed by atoms with Crippen LogP contribution in [-0.2, 0) is 14.8 Å². The molecule has 1 atom stereocenters. The number of sulfonamides is 1. The first-order chi connectivity index (χ1) is 14.9. The van der Waals surface area contributed by atoms with Gasteiger partial charge in [-0.05, 0) is 48.4 Å². The van der Waals surface area contributed by atoms with E-state index in [9.17, 15) is 13.2 Å². The molecule has 2 aromatic rings. The lowest BCUT2D eigenvalue weighted by atomic mass is 10.0. The molecule has 2 aliphatic rings. The highest BCUT2D eigenvalue weighted by Crippen LogP contribution is 2.38. The van der Waals surface area contributed by atoms with Gasteiger partial charge in [0.25, 0.3) is 5.91 Å². The first-order valence-electron chi connectivity index (χ1n) is 9.89. The first-order valence-corrected chi connectivity index (χ1v) is 12.7. The number of nitrogens with one attached hydrogen (secondary N) is 1. The van der Waals surface area contributed by atoms with E-state index in [2.05, 4.69) is 5.32 Å². The predicted octanol–water partition coefficient (Wildman–Crippen LogP) is 3.34. The summed E-state index contributed by atoms with van der Waals surface area (Å²) >= 11 is 7.89. The van der Waals surface area contributed by atoms with Crippen molar-refractivity contribution in [1.82, 2.24) is 9.62 Å².